The van der Waals surface area contributed by atoms with Gasteiger partial charge in [0, 0.05) is 29.2 Å². The summed E-state index contributed by atoms with van der Waals surface area (Å²) < 4.78 is 7.28. The molecule has 186 valence electrons. The molecule has 7 heteroatoms. The fraction of sp³-hybridized carbons (Fsp3) is 0.310. The van der Waals surface area contributed by atoms with Crippen molar-refractivity contribution in [1.82, 2.24) is 9.47 Å². The molecule has 0 saturated heterocycles. The standard InChI is InChI=1S/C29H30N2O5/c1-17(2)12-13-30-27(33)23-11-8-21(15-25(23)28(30)34)29(35)36-16-26(32)24-14-19(4)31(20(24)5)22-9-6-18(3)7-10-22/h6-11,14-15,17H,12-13,16H2,1-5H3. The van der Waals surface area contributed by atoms with E-state index in [9.17, 15) is 19.2 Å². The molecule has 0 unspecified atom stereocenters. The van der Waals surface area contributed by atoms with Crippen LogP contribution in [0.4, 0.5) is 0 Å². The van der Waals surface area contributed by atoms with Gasteiger partial charge in [0.05, 0.1) is 16.7 Å². The Morgan fingerprint density at radius 1 is 0.889 bits per heavy atom. The summed E-state index contributed by atoms with van der Waals surface area (Å²) in [6.07, 6.45) is 0.701. The number of rotatable bonds is 8. The maximum Gasteiger partial charge on any atom is 0.338 e. The normalized spacial score (nSPS) is 12.9. The Morgan fingerprint density at radius 3 is 2.22 bits per heavy atom. The molecule has 7 nitrogen and oxygen atoms in total. The fourth-order valence-corrected chi connectivity index (χ4v) is 4.44. The van der Waals surface area contributed by atoms with E-state index in [1.807, 2.05) is 63.5 Å². The lowest BCUT2D eigenvalue weighted by Crippen LogP contribution is -2.31. The smallest absolute Gasteiger partial charge is 0.338 e. The quantitative estimate of drug-likeness (QED) is 0.252. The highest BCUT2D eigenvalue weighted by Crippen LogP contribution is 2.26. The lowest BCUT2D eigenvalue weighted by Gasteiger charge is -2.14. The molecule has 0 spiro atoms. The number of ketones is 1. The van der Waals surface area contributed by atoms with Crippen molar-refractivity contribution in [3.8, 4) is 5.69 Å². The summed E-state index contributed by atoms with van der Waals surface area (Å²) >= 11 is 0. The first-order chi connectivity index (χ1) is 17.1. The first-order valence-corrected chi connectivity index (χ1v) is 12.0. The Balaban J connectivity index is 1.46. The molecule has 0 saturated carbocycles. The number of imide groups is 1. The zero-order chi connectivity index (χ0) is 26.1. The molecular formula is C29H30N2O5. The number of amides is 2. The van der Waals surface area contributed by atoms with Crippen LogP contribution in [0.1, 0.15) is 78.7 Å². The topological polar surface area (TPSA) is 85.7 Å². The van der Waals surface area contributed by atoms with Crippen molar-refractivity contribution >= 4 is 23.6 Å². The molecule has 0 atom stereocenters. The van der Waals surface area contributed by atoms with E-state index >= 15 is 0 Å². The van der Waals surface area contributed by atoms with Crippen molar-refractivity contribution in [2.45, 2.75) is 41.0 Å². The molecule has 0 N–H and O–H groups in total. The minimum atomic E-state index is -0.723. The average molecular weight is 487 g/mol. The second-order valence-corrected chi connectivity index (χ2v) is 9.66. The number of carbonyl (C=O) groups excluding carboxylic acids is 4. The zero-order valence-electron chi connectivity index (χ0n) is 21.3. The van der Waals surface area contributed by atoms with Crippen molar-refractivity contribution in [2.75, 3.05) is 13.2 Å². The molecule has 0 fully saturated rings. The highest BCUT2D eigenvalue weighted by atomic mass is 16.5. The van der Waals surface area contributed by atoms with E-state index in [4.69, 9.17) is 4.74 Å². The maximum atomic E-state index is 12.9. The van der Waals surface area contributed by atoms with Crippen LogP contribution >= 0.6 is 0 Å². The van der Waals surface area contributed by atoms with Gasteiger partial charge in [-0.3, -0.25) is 19.3 Å². The second-order valence-electron chi connectivity index (χ2n) is 9.66. The van der Waals surface area contributed by atoms with E-state index in [1.54, 1.807) is 6.07 Å². The van der Waals surface area contributed by atoms with Gasteiger partial charge in [0.1, 0.15) is 0 Å². The molecule has 36 heavy (non-hydrogen) atoms. The van der Waals surface area contributed by atoms with Gasteiger partial charge in [-0.15, -0.1) is 0 Å². The maximum absolute atomic E-state index is 12.9. The summed E-state index contributed by atoms with van der Waals surface area (Å²) in [5.74, 6) is -1.46. The number of carbonyl (C=O) groups is 4. The lowest BCUT2D eigenvalue weighted by molar-refractivity contribution is 0.0474. The summed E-state index contributed by atoms with van der Waals surface area (Å²) in [4.78, 5) is 52.2. The van der Waals surface area contributed by atoms with Gasteiger partial charge >= 0.3 is 5.97 Å². The number of aromatic nitrogens is 1. The Labute approximate surface area is 210 Å². The number of fused-ring (bicyclic) bond motifs is 1. The molecule has 1 aromatic heterocycles. The molecule has 0 radical (unpaired) electrons. The van der Waals surface area contributed by atoms with Crippen LogP contribution < -0.4 is 0 Å². The minimum absolute atomic E-state index is 0.124. The highest BCUT2D eigenvalue weighted by Gasteiger charge is 2.36. The molecule has 3 aromatic rings. The number of nitrogens with zero attached hydrogens (tertiary/aromatic N) is 2. The molecule has 4 rings (SSSR count). The largest absolute Gasteiger partial charge is 0.454 e. The third kappa shape index (κ3) is 4.73. The molecule has 2 aromatic carbocycles. The van der Waals surface area contributed by atoms with E-state index in [0.29, 0.717) is 24.4 Å². The van der Waals surface area contributed by atoms with Gasteiger partial charge in [-0.05, 0) is 69.5 Å². The van der Waals surface area contributed by atoms with Gasteiger partial charge in [-0.1, -0.05) is 31.5 Å². The number of esters is 1. The summed E-state index contributed by atoms with van der Waals surface area (Å²) in [5, 5.41) is 0. The van der Waals surface area contributed by atoms with Gasteiger partial charge in [0.2, 0.25) is 5.78 Å². The van der Waals surface area contributed by atoms with Gasteiger partial charge in [0.25, 0.3) is 11.8 Å². The van der Waals surface area contributed by atoms with Gasteiger partial charge in [-0.2, -0.15) is 0 Å². The van der Waals surface area contributed by atoms with Crippen molar-refractivity contribution in [2.24, 2.45) is 5.92 Å². The number of benzene rings is 2. The van der Waals surface area contributed by atoms with E-state index in [0.717, 1.165) is 22.6 Å². The van der Waals surface area contributed by atoms with Crippen LogP contribution in [0.5, 0.6) is 0 Å². The third-order valence-electron chi connectivity index (χ3n) is 6.49. The number of hydrogen-bond acceptors (Lipinski definition) is 5. The SMILES string of the molecule is Cc1ccc(-n2c(C)cc(C(=O)COC(=O)c3ccc4c(c3)C(=O)N(CCC(C)C)C4=O)c2C)cc1. The Kier molecular flexibility index (Phi) is 6.93. The van der Waals surface area contributed by atoms with Crippen molar-refractivity contribution in [3.63, 3.8) is 0 Å². The predicted octanol–water partition coefficient (Wildman–Crippen LogP) is 5.08. The number of ether oxygens (including phenoxy) is 1. The van der Waals surface area contributed by atoms with Crippen LogP contribution in [0.15, 0.2) is 48.5 Å². The highest BCUT2D eigenvalue weighted by molar-refractivity contribution is 6.22. The predicted molar refractivity (Wildman–Crippen MR) is 136 cm³/mol. The first kappa shape index (κ1) is 25.1. The zero-order valence-corrected chi connectivity index (χ0v) is 21.3. The monoisotopic (exact) mass is 486 g/mol. The summed E-state index contributed by atoms with van der Waals surface area (Å²) in [6.45, 7) is 9.74. The number of Topliss-reactive ketones (excluding diaryl/α,β-unsaturated/α-hetero) is 1. The summed E-state index contributed by atoms with van der Waals surface area (Å²) in [5.41, 5.74) is 4.83. The minimum Gasteiger partial charge on any atom is -0.454 e. The van der Waals surface area contributed by atoms with E-state index in [2.05, 4.69) is 0 Å². The van der Waals surface area contributed by atoms with Crippen LogP contribution in [0, 0.1) is 26.7 Å². The Morgan fingerprint density at radius 2 is 1.56 bits per heavy atom. The van der Waals surface area contributed by atoms with Crippen LogP contribution in [-0.2, 0) is 4.74 Å². The Bertz CT molecular complexity index is 1370. The van der Waals surface area contributed by atoms with E-state index in [-0.39, 0.29) is 28.4 Å². The number of hydrogen-bond donors (Lipinski definition) is 0. The van der Waals surface area contributed by atoms with Gasteiger partial charge in [0.15, 0.2) is 6.61 Å². The molecule has 2 heterocycles. The summed E-state index contributed by atoms with van der Waals surface area (Å²) in [6, 6.07) is 14.1. The molecule has 1 aliphatic heterocycles. The molecule has 0 aliphatic carbocycles. The van der Waals surface area contributed by atoms with Crippen molar-refractivity contribution < 1.29 is 23.9 Å². The van der Waals surface area contributed by atoms with Crippen LogP contribution in [0.3, 0.4) is 0 Å². The summed E-state index contributed by atoms with van der Waals surface area (Å²) in [7, 11) is 0. The molecular weight excluding hydrogens is 456 g/mol. The van der Waals surface area contributed by atoms with Crippen LogP contribution in [-0.4, -0.2) is 46.2 Å². The third-order valence-corrected chi connectivity index (χ3v) is 6.49. The van der Waals surface area contributed by atoms with Gasteiger partial charge < -0.3 is 9.30 Å². The number of aryl methyl sites for hydroxylation is 2. The Hall–Kier alpha value is -4.00. The second kappa shape index (κ2) is 9.93. The molecule has 1 aliphatic rings. The van der Waals surface area contributed by atoms with E-state index in [1.165, 1.54) is 23.1 Å². The average Bonchev–Trinajstić information content (AvgIpc) is 3.28. The molecule has 0 bridgehead atoms. The van der Waals surface area contributed by atoms with Crippen LogP contribution in [0.25, 0.3) is 5.69 Å². The van der Waals surface area contributed by atoms with Crippen LogP contribution in [0.2, 0.25) is 0 Å². The fourth-order valence-electron chi connectivity index (χ4n) is 4.44. The van der Waals surface area contributed by atoms with Crippen molar-refractivity contribution in [1.29, 1.82) is 0 Å². The lowest BCUT2D eigenvalue weighted by atomic mass is 10.1. The first-order valence-electron chi connectivity index (χ1n) is 12.0. The van der Waals surface area contributed by atoms with Crippen molar-refractivity contribution in [3.05, 3.63) is 87.7 Å². The van der Waals surface area contributed by atoms with Gasteiger partial charge in [-0.25, -0.2) is 4.79 Å². The van der Waals surface area contributed by atoms with E-state index < -0.39 is 18.5 Å². The molecule has 2 amide bonds.